The first-order chi connectivity index (χ1) is 19.2. The SMILES string of the molecule is C=NC(=N)c1c(C2=CC[C@@H](C(=O)N3CCCC3)CC2)c(-c2ccc(NC(=O)/C=C/CN(C)C)cc2)n(C)c1NC. The molecule has 2 heterocycles. The van der Waals surface area contributed by atoms with E-state index in [1.54, 1.807) is 6.08 Å². The summed E-state index contributed by atoms with van der Waals surface area (Å²) in [6.45, 7) is 6.06. The van der Waals surface area contributed by atoms with E-state index in [4.69, 9.17) is 5.41 Å². The number of amides is 2. The van der Waals surface area contributed by atoms with Crippen LogP contribution in [0.15, 0.2) is 47.5 Å². The van der Waals surface area contributed by atoms with Crippen LogP contribution in [0, 0.1) is 11.3 Å². The molecule has 1 saturated heterocycles. The Morgan fingerprint density at radius 2 is 1.90 bits per heavy atom. The van der Waals surface area contributed by atoms with Crippen molar-refractivity contribution >= 4 is 41.4 Å². The summed E-state index contributed by atoms with van der Waals surface area (Å²) in [6, 6.07) is 7.74. The number of rotatable bonds is 9. The molecule has 1 aliphatic carbocycles. The van der Waals surface area contributed by atoms with Crippen molar-refractivity contribution in [3.63, 3.8) is 0 Å². The maximum absolute atomic E-state index is 13.0. The third kappa shape index (κ3) is 6.25. The van der Waals surface area contributed by atoms with Crippen molar-refractivity contribution in [2.75, 3.05) is 51.4 Å². The summed E-state index contributed by atoms with van der Waals surface area (Å²) >= 11 is 0. The number of nitrogens with one attached hydrogen (secondary N) is 3. The van der Waals surface area contributed by atoms with E-state index in [2.05, 4.69) is 28.4 Å². The van der Waals surface area contributed by atoms with Gasteiger partial charge >= 0.3 is 0 Å². The molecule has 2 aliphatic rings. The van der Waals surface area contributed by atoms with Crippen molar-refractivity contribution in [2.45, 2.75) is 32.1 Å². The zero-order valence-corrected chi connectivity index (χ0v) is 24.1. The van der Waals surface area contributed by atoms with Crippen LogP contribution in [0.4, 0.5) is 11.5 Å². The summed E-state index contributed by atoms with van der Waals surface area (Å²) in [7, 11) is 7.71. The van der Waals surface area contributed by atoms with Gasteiger partial charge in [0.15, 0.2) is 5.84 Å². The molecule has 2 amide bonds. The number of hydrogen-bond acceptors (Lipinski definition) is 5. The first-order valence-corrected chi connectivity index (χ1v) is 13.9. The average Bonchev–Trinajstić information content (AvgIpc) is 3.59. The Labute approximate surface area is 237 Å². The van der Waals surface area contributed by atoms with Gasteiger partial charge in [-0.2, -0.15) is 0 Å². The molecule has 1 fully saturated rings. The first-order valence-electron chi connectivity index (χ1n) is 13.9. The highest BCUT2D eigenvalue weighted by Gasteiger charge is 2.32. The Morgan fingerprint density at radius 1 is 1.20 bits per heavy atom. The monoisotopic (exact) mass is 543 g/mol. The number of anilines is 2. The molecule has 1 aromatic carbocycles. The fraction of sp³-hybridized carbons (Fsp3) is 0.419. The number of likely N-dealkylation sites (N-methyl/N-ethyl adjacent to an activating group) is 1. The highest BCUT2D eigenvalue weighted by Crippen LogP contribution is 2.43. The van der Waals surface area contributed by atoms with Crippen molar-refractivity contribution in [1.82, 2.24) is 14.4 Å². The van der Waals surface area contributed by atoms with E-state index in [-0.39, 0.29) is 23.6 Å². The molecule has 3 N–H and O–H groups in total. The fourth-order valence-electron chi connectivity index (χ4n) is 5.68. The first kappa shape index (κ1) is 29.0. The number of carbonyl (C=O) groups is 2. The van der Waals surface area contributed by atoms with E-state index in [1.165, 1.54) is 0 Å². The predicted molar refractivity (Wildman–Crippen MR) is 164 cm³/mol. The number of hydrogen-bond donors (Lipinski definition) is 3. The van der Waals surface area contributed by atoms with Gasteiger partial charge < -0.3 is 25.0 Å². The van der Waals surface area contributed by atoms with Gasteiger partial charge in [-0.3, -0.25) is 15.0 Å². The topological polar surface area (TPSA) is 106 Å². The van der Waals surface area contributed by atoms with Gasteiger partial charge in [0.05, 0.1) is 11.3 Å². The van der Waals surface area contributed by atoms with Gasteiger partial charge in [-0.1, -0.05) is 24.3 Å². The van der Waals surface area contributed by atoms with E-state index >= 15 is 0 Å². The Kier molecular flexibility index (Phi) is 9.37. The second-order valence-electron chi connectivity index (χ2n) is 10.7. The predicted octanol–water partition coefficient (Wildman–Crippen LogP) is 4.62. The van der Waals surface area contributed by atoms with Gasteiger partial charge in [0.25, 0.3) is 0 Å². The van der Waals surface area contributed by atoms with Crippen molar-refractivity contribution in [3.05, 3.63) is 53.6 Å². The van der Waals surface area contributed by atoms with Crippen molar-refractivity contribution in [3.8, 4) is 11.3 Å². The van der Waals surface area contributed by atoms with Crippen LogP contribution in [0.2, 0.25) is 0 Å². The number of aromatic nitrogens is 1. The lowest BCUT2D eigenvalue weighted by atomic mass is 9.83. The average molecular weight is 544 g/mol. The molecular weight excluding hydrogens is 502 g/mol. The van der Waals surface area contributed by atoms with Crippen LogP contribution in [-0.4, -0.2) is 79.5 Å². The van der Waals surface area contributed by atoms with Crippen molar-refractivity contribution < 1.29 is 9.59 Å². The summed E-state index contributed by atoms with van der Waals surface area (Å²) < 4.78 is 2.05. The molecule has 0 unspecified atom stereocenters. The summed E-state index contributed by atoms with van der Waals surface area (Å²) in [5.74, 6) is 0.984. The second-order valence-corrected chi connectivity index (χ2v) is 10.7. The zero-order valence-electron chi connectivity index (χ0n) is 24.1. The Bertz CT molecular complexity index is 1330. The number of likely N-dealkylation sites (tertiary alicyclic amines) is 1. The fourth-order valence-corrected chi connectivity index (χ4v) is 5.68. The highest BCUT2D eigenvalue weighted by molar-refractivity contribution is 6.10. The molecular formula is C31H41N7O2. The number of amidine groups is 1. The Morgan fingerprint density at radius 3 is 2.48 bits per heavy atom. The molecule has 0 radical (unpaired) electrons. The van der Waals surface area contributed by atoms with Crippen molar-refractivity contribution in [1.29, 1.82) is 5.41 Å². The number of benzene rings is 1. The standard InChI is InChI=1S/C31H41N7O2/c1-33-29(32)27-26(21-10-12-23(13-11-21)31(40)38-19-6-7-20-38)28(37(5)30(27)34-2)22-14-16-24(17-15-22)35-25(39)9-8-18-36(3)4/h8-10,14-17,23,32,34H,1,6-7,11-13,18-20H2,2-5H3,(H,35,39)/b9-8+,32-29?/t23-/m1/s1. The molecule has 2 aromatic rings. The summed E-state index contributed by atoms with van der Waals surface area (Å²) in [5.41, 5.74) is 5.37. The van der Waals surface area contributed by atoms with Crippen LogP contribution in [0.1, 0.15) is 43.2 Å². The lowest BCUT2D eigenvalue weighted by Gasteiger charge is -2.26. The summed E-state index contributed by atoms with van der Waals surface area (Å²) in [6.07, 6.45) is 9.94. The maximum Gasteiger partial charge on any atom is 0.248 e. The number of aliphatic imine (C=N–C) groups is 1. The maximum atomic E-state index is 13.0. The molecule has 0 bridgehead atoms. The second kappa shape index (κ2) is 12.9. The zero-order chi connectivity index (χ0) is 28.8. The minimum atomic E-state index is -0.176. The van der Waals surface area contributed by atoms with Crippen LogP contribution in [0.25, 0.3) is 16.8 Å². The summed E-state index contributed by atoms with van der Waals surface area (Å²) in [4.78, 5) is 33.3. The summed E-state index contributed by atoms with van der Waals surface area (Å²) in [5, 5.41) is 14.8. The molecule has 4 rings (SSSR count). The van der Waals surface area contributed by atoms with Crippen LogP contribution in [0.3, 0.4) is 0 Å². The highest BCUT2D eigenvalue weighted by atomic mass is 16.2. The van der Waals surface area contributed by atoms with Gasteiger partial charge in [-0.15, -0.1) is 0 Å². The largest absolute Gasteiger partial charge is 0.374 e. The third-order valence-corrected chi connectivity index (χ3v) is 7.69. The number of carbonyl (C=O) groups excluding carboxylic acids is 2. The molecule has 1 aromatic heterocycles. The van der Waals surface area contributed by atoms with E-state index in [1.807, 2.05) is 72.9 Å². The lowest BCUT2D eigenvalue weighted by molar-refractivity contribution is -0.134. The minimum absolute atomic E-state index is 0.00730. The number of nitrogens with zero attached hydrogens (tertiary/aromatic N) is 4. The van der Waals surface area contributed by atoms with E-state index in [0.717, 1.165) is 67.0 Å². The van der Waals surface area contributed by atoms with Crippen LogP contribution in [0.5, 0.6) is 0 Å². The molecule has 9 heteroatoms. The minimum Gasteiger partial charge on any atom is -0.374 e. The lowest BCUT2D eigenvalue weighted by Crippen LogP contribution is -2.34. The smallest absolute Gasteiger partial charge is 0.248 e. The van der Waals surface area contributed by atoms with Gasteiger partial charge in [-0.25, -0.2) is 4.99 Å². The van der Waals surface area contributed by atoms with Gasteiger partial charge in [0, 0.05) is 57.0 Å². The quantitative estimate of drug-likeness (QED) is 0.244. The van der Waals surface area contributed by atoms with Crippen LogP contribution in [-0.2, 0) is 16.6 Å². The van der Waals surface area contributed by atoms with Crippen LogP contribution < -0.4 is 10.6 Å². The molecule has 1 atom stereocenters. The molecule has 1 aliphatic heterocycles. The van der Waals surface area contributed by atoms with Crippen molar-refractivity contribution in [2.24, 2.45) is 18.0 Å². The molecule has 212 valence electrons. The van der Waals surface area contributed by atoms with E-state index < -0.39 is 0 Å². The third-order valence-electron chi connectivity index (χ3n) is 7.69. The number of allylic oxidation sites excluding steroid dienone is 2. The van der Waals surface area contributed by atoms with Gasteiger partial charge in [0.1, 0.15) is 5.82 Å². The Balaban J connectivity index is 1.66. The van der Waals surface area contributed by atoms with Gasteiger partial charge in [-0.05, 0) is 76.2 Å². The van der Waals surface area contributed by atoms with Crippen LogP contribution >= 0.6 is 0 Å². The molecule has 0 saturated carbocycles. The van der Waals surface area contributed by atoms with E-state index in [9.17, 15) is 9.59 Å². The molecule has 40 heavy (non-hydrogen) atoms. The Hall–Kier alpha value is -3.98. The van der Waals surface area contributed by atoms with E-state index in [0.29, 0.717) is 24.2 Å². The molecule has 0 spiro atoms. The van der Waals surface area contributed by atoms with Gasteiger partial charge in [0.2, 0.25) is 11.8 Å². The normalized spacial score (nSPS) is 17.3. The molecule has 9 nitrogen and oxygen atoms in total.